The third-order valence-corrected chi connectivity index (χ3v) is 11.8. The number of carbonyl (C=O) groups is 3. The molecular formula is C38H28N6O13S3. The van der Waals surface area contributed by atoms with Crippen molar-refractivity contribution in [3.05, 3.63) is 136 Å². The molecule has 0 bridgehead atoms. The maximum absolute atomic E-state index is 13.2. The first-order valence-electron chi connectivity index (χ1n) is 17.1. The van der Waals surface area contributed by atoms with E-state index in [0.29, 0.717) is 16.2 Å². The smallest absolute Gasteiger partial charge is 0.323 e. The van der Waals surface area contributed by atoms with Gasteiger partial charge in [0.2, 0.25) is 0 Å². The molecule has 0 spiro atoms. The monoisotopic (exact) mass is 872 g/mol. The second-order valence-electron chi connectivity index (χ2n) is 13.1. The molecule has 4 aromatic rings. The van der Waals surface area contributed by atoms with Gasteiger partial charge in [-0.05, 0) is 100.0 Å². The third-order valence-electron chi connectivity index (χ3n) is 9.08. The Bertz CT molecular complexity index is 3220. The van der Waals surface area contributed by atoms with Crippen molar-refractivity contribution >= 4 is 86.6 Å². The number of fused-ring (bicyclic) bond motifs is 3. The Hall–Kier alpha value is -6.82. The fraction of sp³-hybridized carbons (Fsp3) is 0.0789. The summed E-state index contributed by atoms with van der Waals surface area (Å²) in [6.45, 7) is 0. The number of methoxy groups -OCH3 is 1. The highest BCUT2D eigenvalue weighted by atomic mass is 32.2. The number of allylic oxidation sites excluding steroid dienone is 9. The number of benzene rings is 4. The van der Waals surface area contributed by atoms with Crippen molar-refractivity contribution in [2.24, 2.45) is 20.5 Å². The van der Waals surface area contributed by atoms with Gasteiger partial charge in [0.05, 0.1) is 24.1 Å². The van der Waals surface area contributed by atoms with Gasteiger partial charge in [-0.15, -0.1) is 10.2 Å². The van der Waals surface area contributed by atoms with Gasteiger partial charge in [-0.3, -0.25) is 23.2 Å². The minimum absolute atomic E-state index is 0.0140. The van der Waals surface area contributed by atoms with Gasteiger partial charge in [0.15, 0.2) is 11.6 Å². The van der Waals surface area contributed by atoms with Gasteiger partial charge in [-0.1, -0.05) is 18.2 Å². The van der Waals surface area contributed by atoms with E-state index >= 15 is 0 Å². The molecule has 306 valence electrons. The Morgan fingerprint density at radius 3 is 2.12 bits per heavy atom. The number of hydrogen-bond donors (Lipinski definition) is 5. The van der Waals surface area contributed by atoms with Crippen LogP contribution in [0.1, 0.15) is 12.8 Å². The van der Waals surface area contributed by atoms with E-state index in [9.17, 15) is 53.3 Å². The summed E-state index contributed by atoms with van der Waals surface area (Å²) in [5.74, 6) is -0.724. The average molecular weight is 873 g/mol. The van der Waals surface area contributed by atoms with Crippen LogP contribution in [0.3, 0.4) is 0 Å². The molecule has 0 fully saturated rings. The lowest BCUT2D eigenvalue weighted by atomic mass is 9.89. The molecular weight excluding hydrogens is 845 g/mol. The van der Waals surface area contributed by atoms with Crippen LogP contribution in [-0.4, -0.2) is 63.6 Å². The molecule has 0 atom stereocenters. The number of nitrogens with one attached hydrogen (secondary N) is 2. The van der Waals surface area contributed by atoms with E-state index < -0.39 is 58.4 Å². The minimum Gasteiger partial charge on any atom is -0.495 e. The molecule has 0 saturated carbocycles. The van der Waals surface area contributed by atoms with E-state index in [4.69, 9.17) is 4.74 Å². The van der Waals surface area contributed by atoms with E-state index in [1.807, 2.05) is 0 Å². The molecule has 5 N–H and O–H groups in total. The first-order valence-corrected chi connectivity index (χ1v) is 21.4. The lowest BCUT2D eigenvalue weighted by molar-refractivity contribution is -0.114. The SMILES string of the molecule is COC1=C(N=NC2=C(S(=O)(=O)O)CC3=CC(NC(=O)Nc4ccc5cc(N=Nc6ccc7cc(S(=O)(=O)O)ccc7c6)c(S(=O)(=O)O)cc5c4)=CC(=O)C3=C2)CC(=O)C=C1. The Balaban J connectivity index is 1.09. The van der Waals surface area contributed by atoms with Crippen molar-refractivity contribution in [3.63, 3.8) is 0 Å². The zero-order valence-electron chi connectivity index (χ0n) is 30.6. The number of ketones is 2. The van der Waals surface area contributed by atoms with Crippen LogP contribution in [0.2, 0.25) is 0 Å². The van der Waals surface area contributed by atoms with E-state index in [-0.39, 0.29) is 73.5 Å². The second-order valence-corrected chi connectivity index (χ2v) is 17.4. The summed E-state index contributed by atoms with van der Waals surface area (Å²) in [6, 6.07) is 14.5. The molecule has 2 amide bonds. The van der Waals surface area contributed by atoms with Crippen molar-refractivity contribution in [2.45, 2.75) is 22.6 Å². The van der Waals surface area contributed by atoms with Gasteiger partial charge in [0, 0.05) is 29.5 Å². The van der Waals surface area contributed by atoms with Crippen LogP contribution in [0.4, 0.5) is 21.9 Å². The van der Waals surface area contributed by atoms with E-state index in [1.165, 1.54) is 79.9 Å². The van der Waals surface area contributed by atoms with E-state index in [2.05, 4.69) is 31.1 Å². The van der Waals surface area contributed by atoms with Crippen LogP contribution < -0.4 is 10.6 Å². The number of anilines is 1. The van der Waals surface area contributed by atoms with Crippen LogP contribution in [-0.2, 0) is 44.7 Å². The quantitative estimate of drug-likeness (QED) is 0.0821. The predicted octanol–water partition coefficient (Wildman–Crippen LogP) is 6.69. The molecule has 0 saturated heterocycles. The molecule has 0 heterocycles. The largest absolute Gasteiger partial charge is 0.495 e. The standard InChI is InChI=1S/C38H28N6O13S3/c1-57-35-9-7-28(45)18-31(35)42-44-33-19-30-24(16-37(33)60(54,55)56)12-27(17-34(30)46)40-38(47)39-25-5-2-22-14-32(36(59(51,52)53)15-23(22)11-25)43-41-26-6-3-21-13-29(58(48,49)50)8-4-20(21)10-26/h2-15,17,19H,16,18H2,1H3,(H2,39,40,47)(H,48,49,50)(H,51,52,53)(H,54,55,56). The Morgan fingerprint density at radius 1 is 0.683 bits per heavy atom. The van der Waals surface area contributed by atoms with Crippen LogP contribution in [0.25, 0.3) is 21.5 Å². The number of nitrogens with zero attached hydrogens (tertiary/aromatic N) is 4. The molecule has 7 rings (SSSR count). The van der Waals surface area contributed by atoms with Gasteiger partial charge in [-0.2, -0.15) is 35.5 Å². The lowest BCUT2D eigenvalue weighted by Crippen LogP contribution is -2.29. The number of rotatable bonds is 10. The normalized spacial score (nSPS) is 16.4. The van der Waals surface area contributed by atoms with Gasteiger partial charge >= 0.3 is 6.03 Å². The highest BCUT2D eigenvalue weighted by molar-refractivity contribution is 7.89. The fourth-order valence-corrected chi connectivity index (χ4v) is 8.14. The summed E-state index contributed by atoms with van der Waals surface area (Å²) in [4.78, 5) is 36.6. The van der Waals surface area contributed by atoms with Crippen LogP contribution >= 0.6 is 0 Å². The predicted molar refractivity (Wildman–Crippen MR) is 214 cm³/mol. The van der Waals surface area contributed by atoms with Crippen molar-refractivity contribution in [2.75, 3.05) is 12.4 Å². The molecule has 3 aliphatic carbocycles. The number of azo groups is 2. The van der Waals surface area contributed by atoms with Crippen molar-refractivity contribution in [1.29, 1.82) is 0 Å². The molecule has 60 heavy (non-hydrogen) atoms. The number of hydrogen-bond acceptors (Lipinski definition) is 14. The van der Waals surface area contributed by atoms with Crippen LogP contribution in [0.5, 0.6) is 0 Å². The molecule has 0 radical (unpaired) electrons. The van der Waals surface area contributed by atoms with Crippen molar-refractivity contribution in [3.8, 4) is 0 Å². The number of urea groups is 1. The van der Waals surface area contributed by atoms with E-state index in [0.717, 1.165) is 18.2 Å². The van der Waals surface area contributed by atoms with Crippen molar-refractivity contribution in [1.82, 2.24) is 5.32 Å². The maximum atomic E-state index is 13.2. The Labute approximate surface area is 340 Å². The first kappa shape index (κ1) is 41.3. The van der Waals surface area contributed by atoms with Crippen LogP contribution in [0, 0.1) is 0 Å². The number of carbonyl (C=O) groups excluding carboxylic acids is 3. The van der Waals surface area contributed by atoms with Gasteiger partial charge in [0.1, 0.15) is 32.6 Å². The summed E-state index contributed by atoms with van der Waals surface area (Å²) in [6.07, 6.45) is 5.49. The van der Waals surface area contributed by atoms with E-state index in [1.54, 1.807) is 6.07 Å². The van der Waals surface area contributed by atoms with Crippen molar-refractivity contribution < 1.29 is 58.0 Å². The lowest BCUT2D eigenvalue weighted by Gasteiger charge is -2.22. The fourth-order valence-electron chi connectivity index (χ4n) is 6.28. The third kappa shape index (κ3) is 9.07. The van der Waals surface area contributed by atoms with Gasteiger partial charge in [0.25, 0.3) is 30.4 Å². The highest BCUT2D eigenvalue weighted by Gasteiger charge is 2.31. The number of amides is 2. The summed E-state index contributed by atoms with van der Waals surface area (Å²) in [7, 11) is -12.8. The topological polar surface area (TPSA) is 297 Å². The Kier molecular flexibility index (Phi) is 10.8. The summed E-state index contributed by atoms with van der Waals surface area (Å²) in [5, 5.41) is 22.7. The molecule has 22 heteroatoms. The summed E-state index contributed by atoms with van der Waals surface area (Å²) >= 11 is 0. The summed E-state index contributed by atoms with van der Waals surface area (Å²) < 4.78 is 107. The van der Waals surface area contributed by atoms with Gasteiger partial charge < -0.3 is 15.4 Å². The Morgan fingerprint density at radius 2 is 1.40 bits per heavy atom. The second kappa shape index (κ2) is 15.7. The van der Waals surface area contributed by atoms with Gasteiger partial charge in [-0.25, -0.2) is 4.79 Å². The zero-order valence-corrected chi connectivity index (χ0v) is 33.0. The summed E-state index contributed by atoms with van der Waals surface area (Å²) in [5.41, 5.74) is 0.0462. The molecule has 4 aromatic carbocycles. The minimum atomic E-state index is -4.87. The zero-order chi connectivity index (χ0) is 43.1. The molecule has 0 aromatic heterocycles. The molecule has 0 unspecified atom stereocenters. The first-order chi connectivity index (χ1) is 28.2. The molecule has 19 nitrogen and oxygen atoms in total. The number of ether oxygens (including phenoxy) is 1. The average Bonchev–Trinajstić information content (AvgIpc) is 3.17. The molecule has 3 aliphatic rings. The highest BCUT2D eigenvalue weighted by Crippen LogP contribution is 2.37. The molecule has 0 aliphatic heterocycles. The maximum Gasteiger partial charge on any atom is 0.323 e. The van der Waals surface area contributed by atoms with Crippen LogP contribution in [0.15, 0.2) is 166 Å².